The summed E-state index contributed by atoms with van der Waals surface area (Å²) in [6.07, 6.45) is 0. The van der Waals surface area contributed by atoms with Crippen molar-refractivity contribution >= 4 is 23.5 Å². The lowest BCUT2D eigenvalue weighted by Crippen LogP contribution is -2.41. The third-order valence-corrected chi connectivity index (χ3v) is 4.85. The smallest absolute Gasteiger partial charge is 0.319 e. The van der Waals surface area contributed by atoms with Crippen molar-refractivity contribution in [1.82, 2.24) is 10.2 Å². The van der Waals surface area contributed by atoms with Gasteiger partial charge in [-0.2, -0.15) is 0 Å². The highest BCUT2D eigenvalue weighted by molar-refractivity contribution is 6.32. The number of urea groups is 1. The molecule has 3 amide bonds. The molecule has 1 aliphatic rings. The van der Waals surface area contributed by atoms with Crippen molar-refractivity contribution in [3.8, 4) is 0 Å². The number of carbonyl (C=O) groups excluding carboxylic acids is 2. The molecule has 2 aromatic rings. The zero-order valence-corrected chi connectivity index (χ0v) is 14.6. The molecule has 0 radical (unpaired) electrons. The van der Waals surface area contributed by atoms with Gasteiger partial charge in [-0.3, -0.25) is 9.69 Å². The van der Waals surface area contributed by atoms with Gasteiger partial charge in [0.25, 0.3) is 5.91 Å². The van der Waals surface area contributed by atoms with Gasteiger partial charge in [0.1, 0.15) is 5.54 Å². The highest BCUT2D eigenvalue weighted by Gasteiger charge is 2.49. The highest BCUT2D eigenvalue weighted by Crippen LogP contribution is 2.34. The van der Waals surface area contributed by atoms with Gasteiger partial charge >= 0.3 is 6.03 Å². The molecule has 1 saturated heterocycles. The second-order valence-electron chi connectivity index (χ2n) is 6.36. The normalized spacial score (nSPS) is 20.4. The van der Waals surface area contributed by atoms with E-state index >= 15 is 0 Å². The molecule has 0 spiro atoms. The Balaban J connectivity index is 1.95. The van der Waals surface area contributed by atoms with E-state index in [1.165, 1.54) is 4.90 Å². The number of amides is 3. The summed E-state index contributed by atoms with van der Waals surface area (Å²) in [6.45, 7) is 5.90. The summed E-state index contributed by atoms with van der Waals surface area (Å²) in [4.78, 5) is 26.7. The van der Waals surface area contributed by atoms with E-state index in [0.29, 0.717) is 10.6 Å². The fourth-order valence-corrected chi connectivity index (χ4v) is 3.36. The first-order chi connectivity index (χ1) is 11.3. The van der Waals surface area contributed by atoms with Crippen LogP contribution in [0.1, 0.15) is 29.2 Å². The maximum absolute atomic E-state index is 13.0. The molecule has 1 heterocycles. The number of benzene rings is 2. The Morgan fingerprint density at radius 1 is 1.12 bits per heavy atom. The van der Waals surface area contributed by atoms with Crippen molar-refractivity contribution in [3.63, 3.8) is 0 Å². The van der Waals surface area contributed by atoms with E-state index in [-0.39, 0.29) is 12.5 Å². The summed E-state index contributed by atoms with van der Waals surface area (Å²) in [7, 11) is 0. The second kappa shape index (κ2) is 5.95. The molecule has 1 fully saturated rings. The van der Waals surface area contributed by atoms with E-state index in [4.69, 9.17) is 11.6 Å². The molecule has 3 rings (SSSR count). The molecule has 24 heavy (non-hydrogen) atoms. The van der Waals surface area contributed by atoms with Gasteiger partial charge in [0.2, 0.25) is 0 Å². The highest BCUT2D eigenvalue weighted by atomic mass is 35.5. The SMILES string of the molecule is Cc1ccc(C)c(CN2C(=O)NC(C)(c3ccccc3Cl)C2=O)c1. The monoisotopic (exact) mass is 342 g/mol. The Hall–Kier alpha value is -2.33. The molecule has 1 N–H and O–H groups in total. The Morgan fingerprint density at radius 2 is 1.83 bits per heavy atom. The van der Waals surface area contributed by atoms with Gasteiger partial charge in [-0.15, -0.1) is 0 Å². The molecule has 0 saturated carbocycles. The summed E-state index contributed by atoms with van der Waals surface area (Å²) in [5.41, 5.74) is 2.56. The summed E-state index contributed by atoms with van der Waals surface area (Å²) in [5, 5.41) is 3.25. The molecule has 4 nitrogen and oxygen atoms in total. The Labute approximate surface area is 146 Å². The first-order valence-corrected chi connectivity index (χ1v) is 8.16. The van der Waals surface area contributed by atoms with E-state index in [1.807, 2.05) is 32.0 Å². The third-order valence-electron chi connectivity index (χ3n) is 4.52. The van der Waals surface area contributed by atoms with E-state index < -0.39 is 11.6 Å². The van der Waals surface area contributed by atoms with Crippen molar-refractivity contribution in [2.45, 2.75) is 32.9 Å². The van der Waals surface area contributed by atoms with Crippen molar-refractivity contribution in [2.75, 3.05) is 0 Å². The number of aryl methyl sites for hydroxylation is 2. The van der Waals surface area contributed by atoms with Crippen molar-refractivity contribution in [1.29, 1.82) is 0 Å². The van der Waals surface area contributed by atoms with Crippen molar-refractivity contribution in [2.24, 2.45) is 0 Å². The van der Waals surface area contributed by atoms with Gasteiger partial charge in [0.05, 0.1) is 6.54 Å². The lowest BCUT2D eigenvalue weighted by molar-refractivity contribution is -0.131. The van der Waals surface area contributed by atoms with Crippen LogP contribution in [0.4, 0.5) is 4.79 Å². The average Bonchev–Trinajstić information content (AvgIpc) is 2.75. The predicted octanol–water partition coefficient (Wildman–Crippen LogP) is 3.92. The lowest BCUT2D eigenvalue weighted by atomic mass is 9.92. The Kier molecular flexibility index (Phi) is 4.10. The minimum absolute atomic E-state index is 0.248. The number of imide groups is 1. The van der Waals surface area contributed by atoms with Crippen LogP contribution >= 0.6 is 11.6 Å². The minimum atomic E-state index is -1.15. The van der Waals surface area contributed by atoms with Gasteiger partial charge in [-0.1, -0.05) is 53.6 Å². The molecule has 1 aliphatic heterocycles. The molecule has 0 bridgehead atoms. The molecule has 0 aromatic heterocycles. The van der Waals surface area contributed by atoms with Crippen LogP contribution in [0.25, 0.3) is 0 Å². The molecule has 5 heteroatoms. The molecular formula is C19H19ClN2O2. The van der Waals surface area contributed by atoms with Gasteiger partial charge < -0.3 is 5.32 Å². The minimum Gasteiger partial charge on any atom is -0.319 e. The van der Waals surface area contributed by atoms with E-state index in [0.717, 1.165) is 16.7 Å². The number of nitrogens with zero attached hydrogens (tertiary/aromatic N) is 1. The van der Waals surface area contributed by atoms with Crippen LogP contribution in [0.5, 0.6) is 0 Å². The fraction of sp³-hybridized carbons (Fsp3) is 0.263. The largest absolute Gasteiger partial charge is 0.325 e. The summed E-state index contributed by atoms with van der Waals surface area (Å²) in [5.74, 6) is -0.290. The summed E-state index contributed by atoms with van der Waals surface area (Å²) >= 11 is 6.24. The van der Waals surface area contributed by atoms with Crippen LogP contribution in [0.3, 0.4) is 0 Å². The second-order valence-corrected chi connectivity index (χ2v) is 6.76. The van der Waals surface area contributed by atoms with Crippen LogP contribution < -0.4 is 5.32 Å². The van der Waals surface area contributed by atoms with Crippen LogP contribution in [0, 0.1) is 13.8 Å². The maximum atomic E-state index is 13.0. The zero-order valence-electron chi connectivity index (χ0n) is 13.9. The number of carbonyl (C=O) groups is 2. The standard InChI is InChI=1S/C19H19ClN2O2/c1-12-8-9-13(2)14(10-12)11-22-17(23)19(3,21-18(22)24)15-6-4-5-7-16(15)20/h4-10H,11H2,1-3H3,(H,21,24). The Bertz CT molecular complexity index is 834. The van der Waals surface area contributed by atoms with E-state index in [1.54, 1.807) is 31.2 Å². The summed E-state index contributed by atoms with van der Waals surface area (Å²) < 4.78 is 0. The van der Waals surface area contributed by atoms with E-state index in [9.17, 15) is 9.59 Å². The number of hydrogen-bond donors (Lipinski definition) is 1. The van der Waals surface area contributed by atoms with Crippen LogP contribution in [0.2, 0.25) is 5.02 Å². The van der Waals surface area contributed by atoms with E-state index in [2.05, 4.69) is 5.32 Å². The zero-order chi connectivity index (χ0) is 17.5. The first-order valence-electron chi connectivity index (χ1n) is 7.78. The van der Waals surface area contributed by atoms with Gasteiger partial charge in [-0.25, -0.2) is 4.79 Å². The van der Waals surface area contributed by atoms with Gasteiger partial charge in [-0.05, 0) is 38.0 Å². The third kappa shape index (κ3) is 2.67. The van der Waals surface area contributed by atoms with Crippen molar-refractivity contribution < 1.29 is 9.59 Å². The lowest BCUT2D eigenvalue weighted by Gasteiger charge is -2.23. The number of rotatable bonds is 3. The fourth-order valence-electron chi connectivity index (χ4n) is 3.03. The number of nitrogens with one attached hydrogen (secondary N) is 1. The molecule has 0 aliphatic carbocycles. The predicted molar refractivity (Wildman–Crippen MR) is 93.8 cm³/mol. The quantitative estimate of drug-likeness (QED) is 0.859. The first kappa shape index (κ1) is 16.5. The number of halogens is 1. The topological polar surface area (TPSA) is 49.4 Å². The van der Waals surface area contributed by atoms with Crippen LogP contribution in [0.15, 0.2) is 42.5 Å². The molecule has 2 aromatic carbocycles. The van der Waals surface area contributed by atoms with Crippen LogP contribution in [-0.4, -0.2) is 16.8 Å². The average molecular weight is 343 g/mol. The van der Waals surface area contributed by atoms with Crippen molar-refractivity contribution in [3.05, 3.63) is 69.7 Å². The number of hydrogen-bond acceptors (Lipinski definition) is 2. The van der Waals surface area contributed by atoms with Crippen LogP contribution in [-0.2, 0) is 16.9 Å². The van der Waals surface area contributed by atoms with Gasteiger partial charge in [0.15, 0.2) is 0 Å². The maximum Gasteiger partial charge on any atom is 0.325 e. The molecule has 124 valence electrons. The Morgan fingerprint density at radius 3 is 2.54 bits per heavy atom. The summed E-state index contributed by atoms with van der Waals surface area (Å²) in [6, 6.07) is 12.7. The molecule has 1 unspecified atom stereocenters. The molecule has 1 atom stereocenters. The van der Waals surface area contributed by atoms with Gasteiger partial charge in [0, 0.05) is 10.6 Å². The molecular weight excluding hydrogens is 324 g/mol.